The minimum absolute atomic E-state index is 0.0605. The molecule has 0 saturated heterocycles. The third-order valence-electron chi connectivity index (χ3n) is 3.77. The summed E-state index contributed by atoms with van der Waals surface area (Å²) in [5.74, 6) is 0. The van der Waals surface area contributed by atoms with Crippen molar-refractivity contribution < 1.29 is 0 Å². The Morgan fingerprint density at radius 2 is 1.83 bits per heavy atom. The van der Waals surface area contributed by atoms with Gasteiger partial charge < -0.3 is 10.6 Å². The lowest BCUT2D eigenvalue weighted by Gasteiger charge is -2.34. The van der Waals surface area contributed by atoms with E-state index >= 15 is 0 Å². The maximum Gasteiger partial charge on any atom is 0.0174 e. The predicted octanol–water partition coefficient (Wildman–Crippen LogP) is 3.03. The van der Waals surface area contributed by atoms with Gasteiger partial charge in [0.1, 0.15) is 0 Å². The number of nitrogens with zero attached hydrogens (tertiary/aromatic N) is 1. The van der Waals surface area contributed by atoms with E-state index < -0.39 is 0 Å². The molecule has 2 nitrogen and oxygen atoms in total. The SMILES string of the molecule is CCCCN(CC)CC(C)(CN)c1ccccc1. The number of hydrogen-bond acceptors (Lipinski definition) is 2. The van der Waals surface area contributed by atoms with Gasteiger partial charge >= 0.3 is 0 Å². The highest BCUT2D eigenvalue weighted by Gasteiger charge is 2.26. The first-order chi connectivity index (χ1) is 8.66. The van der Waals surface area contributed by atoms with E-state index in [9.17, 15) is 0 Å². The number of nitrogens with two attached hydrogens (primary N) is 1. The van der Waals surface area contributed by atoms with Crippen molar-refractivity contribution in [3.8, 4) is 0 Å². The largest absolute Gasteiger partial charge is 0.330 e. The molecule has 0 saturated carbocycles. The topological polar surface area (TPSA) is 29.3 Å². The van der Waals surface area contributed by atoms with E-state index in [0.717, 1.165) is 13.1 Å². The van der Waals surface area contributed by atoms with Crippen LogP contribution < -0.4 is 5.73 Å². The minimum Gasteiger partial charge on any atom is -0.330 e. The van der Waals surface area contributed by atoms with E-state index in [-0.39, 0.29) is 5.41 Å². The van der Waals surface area contributed by atoms with Crippen LogP contribution in [0.5, 0.6) is 0 Å². The average Bonchev–Trinajstić information content (AvgIpc) is 2.44. The summed E-state index contributed by atoms with van der Waals surface area (Å²) in [6, 6.07) is 10.7. The van der Waals surface area contributed by atoms with Crippen molar-refractivity contribution in [2.75, 3.05) is 26.2 Å². The smallest absolute Gasteiger partial charge is 0.0174 e. The Bertz CT molecular complexity index is 323. The third kappa shape index (κ3) is 4.11. The van der Waals surface area contributed by atoms with Crippen molar-refractivity contribution in [2.45, 2.75) is 39.0 Å². The molecule has 0 bridgehead atoms. The van der Waals surface area contributed by atoms with Crippen molar-refractivity contribution >= 4 is 0 Å². The number of hydrogen-bond donors (Lipinski definition) is 1. The molecule has 1 aromatic rings. The van der Waals surface area contributed by atoms with Gasteiger partial charge in [-0.2, -0.15) is 0 Å². The molecule has 0 aliphatic rings. The molecule has 0 aliphatic heterocycles. The van der Waals surface area contributed by atoms with Crippen LogP contribution >= 0.6 is 0 Å². The van der Waals surface area contributed by atoms with Crippen LogP contribution in [0.3, 0.4) is 0 Å². The Balaban J connectivity index is 2.75. The number of likely N-dealkylation sites (N-methyl/N-ethyl adjacent to an activating group) is 1. The zero-order valence-electron chi connectivity index (χ0n) is 12.2. The van der Waals surface area contributed by atoms with E-state index in [1.165, 1.54) is 24.9 Å². The van der Waals surface area contributed by atoms with Crippen LogP contribution in [0.2, 0.25) is 0 Å². The van der Waals surface area contributed by atoms with Crippen LogP contribution in [0, 0.1) is 0 Å². The van der Waals surface area contributed by atoms with E-state index in [0.29, 0.717) is 6.54 Å². The van der Waals surface area contributed by atoms with Gasteiger partial charge in [-0.15, -0.1) is 0 Å². The molecule has 0 fully saturated rings. The summed E-state index contributed by atoms with van der Waals surface area (Å²) in [7, 11) is 0. The first-order valence-corrected chi connectivity index (χ1v) is 7.14. The summed E-state index contributed by atoms with van der Waals surface area (Å²) >= 11 is 0. The highest BCUT2D eigenvalue weighted by atomic mass is 15.1. The van der Waals surface area contributed by atoms with E-state index in [1.54, 1.807) is 0 Å². The van der Waals surface area contributed by atoms with Crippen molar-refractivity contribution in [2.24, 2.45) is 5.73 Å². The maximum absolute atomic E-state index is 6.04. The highest BCUT2D eigenvalue weighted by molar-refractivity contribution is 5.25. The van der Waals surface area contributed by atoms with Crippen LogP contribution in [0.25, 0.3) is 0 Å². The van der Waals surface area contributed by atoms with Crippen LogP contribution in [0.1, 0.15) is 39.2 Å². The van der Waals surface area contributed by atoms with E-state index in [4.69, 9.17) is 5.73 Å². The first-order valence-electron chi connectivity index (χ1n) is 7.14. The lowest BCUT2D eigenvalue weighted by Crippen LogP contribution is -2.44. The zero-order valence-corrected chi connectivity index (χ0v) is 12.2. The second-order valence-corrected chi connectivity index (χ2v) is 5.35. The molecule has 0 spiro atoms. The Hall–Kier alpha value is -0.860. The summed E-state index contributed by atoms with van der Waals surface area (Å²) < 4.78 is 0. The predicted molar refractivity (Wildman–Crippen MR) is 79.9 cm³/mol. The van der Waals surface area contributed by atoms with Gasteiger partial charge in [-0.1, -0.05) is 57.5 Å². The first kappa shape index (κ1) is 15.2. The highest BCUT2D eigenvalue weighted by Crippen LogP contribution is 2.23. The lowest BCUT2D eigenvalue weighted by atomic mass is 9.82. The molecule has 1 aromatic carbocycles. The molecule has 2 N–H and O–H groups in total. The van der Waals surface area contributed by atoms with Crippen molar-refractivity contribution in [1.29, 1.82) is 0 Å². The Morgan fingerprint density at radius 1 is 1.17 bits per heavy atom. The number of unbranched alkanes of at least 4 members (excludes halogenated alkanes) is 1. The molecule has 0 heterocycles. The fourth-order valence-corrected chi connectivity index (χ4v) is 2.34. The fourth-order valence-electron chi connectivity index (χ4n) is 2.34. The monoisotopic (exact) mass is 248 g/mol. The van der Waals surface area contributed by atoms with Gasteiger partial charge in [0.15, 0.2) is 0 Å². The standard InChI is InChI=1S/C16H28N2/c1-4-6-12-18(5-2)14-16(3,13-17)15-10-8-7-9-11-15/h7-11H,4-6,12-14,17H2,1-3H3. The molecule has 0 aromatic heterocycles. The Labute approximate surface area is 112 Å². The van der Waals surface area contributed by atoms with E-state index in [1.807, 2.05) is 0 Å². The van der Waals surface area contributed by atoms with Crippen LogP contribution in [-0.4, -0.2) is 31.1 Å². The summed E-state index contributed by atoms with van der Waals surface area (Å²) in [4.78, 5) is 2.52. The summed E-state index contributed by atoms with van der Waals surface area (Å²) in [5.41, 5.74) is 7.45. The minimum atomic E-state index is 0.0605. The molecule has 1 rings (SSSR count). The molecular weight excluding hydrogens is 220 g/mol. The quantitative estimate of drug-likeness (QED) is 0.766. The second-order valence-electron chi connectivity index (χ2n) is 5.35. The van der Waals surface area contributed by atoms with E-state index in [2.05, 4.69) is 56.0 Å². The summed E-state index contributed by atoms with van der Waals surface area (Å²) in [5, 5.41) is 0. The molecule has 18 heavy (non-hydrogen) atoms. The van der Waals surface area contributed by atoms with Crippen LogP contribution in [0.4, 0.5) is 0 Å². The Kier molecular flexibility index (Phi) is 6.37. The van der Waals surface area contributed by atoms with Gasteiger partial charge in [-0.25, -0.2) is 0 Å². The molecule has 0 amide bonds. The van der Waals surface area contributed by atoms with Crippen LogP contribution in [0.15, 0.2) is 30.3 Å². The van der Waals surface area contributed by atoms with Crippen molar-refractivity contribution in [3.63, 3.8) is 0 Å². The van der Waals surface area contributed by atoms with Crippen LogP contribution in [-0.2, 0) is 5.41 Å². The van der Waals surface area contributed by atoms with Gasteiger partial charge in [0.2, 0.25) is 0 Å². The summed E-state index contributed by atoms with van der Waals surface area (Å²) in [6.45, 7) is 10.8. The molecule has 102 valence electrons. The summed E-state index contributed by atoms with van der Waals surface area (Å²) in [6.07, 6.45) is 2.52. The van der Waals surface area contributed by atoms with Gasteiger partial charge in [0.25, 0.3) is 0 Å². The number of benzene rings is 1. The van der Waals surface area contributed by atoms with Gasteiger partial charge in [-0.3, -0.25) is 0 Å². The zero-order chi connectivity index (χ0) is 13.4. The molecule has 0 radical (unpaired) electrons. The van der Waals surface area contributed by atoms with Crippen molar-refractivity contribution in [3.05, 3.63) is 35.9 Å². The molecule has 2 heteroatoms. The van der Waals surface area contributed by atoms with Gasteiger partial charge in [-0.05, 0) is 25.1 Å². The van der Waals surface area contributed by atoms with Gasteiger partial charge in [0, 0.05) is 18.5 Å². The second kappa shape index (κ2) is 7.55. The maximum atomic E-state index is 6.04. The lowest BCUT2D eigenvalue weighted by molar-refractivity contribution is 0.224. The molecule has 1 atom stereocenters. The molecule has 1 unspecified atom stereocenters. The third-order valence-corrected chi connectivity index (χ3v) is 3.77. The average molecular weight is 248 g/mol. The molecular formula is C16H28N2. The normalized spacial score (nSPS) is 14.7. The number of rotatable bonds is 8. The van der Waals surface area contributed by atoms with Crippen molar-refractivity contribution in [1.82, 2.24) is 4.90 Å². The molecule has 0 aliphatic carbocycles. The van der Waals surface area contributed by atoms with Gasteiger partial charge in [0.05, 0.1) is 0 Å². The Morgan fingerprint density at radius 3 is 2.33 bits per heavy atom. The fraction of sp³-hybridized carbons (Fsp3) is 0.625.